The molecule has 100 valence electrons. The van der Waals surface area contributed by atoms with Crippen molar-refractivity contribution >= 4 is 11.7 Å². The first-order valence-electron chi connectivity index (χ1n) is 6.27. The van der Waals surface area contributed by atoms with E-state index in [1.807, 2.05) is 0 Å². The average Bonchev–Trinajstić information content (AvgIpc) is 2.39. The van der Waals surface area contributed by atoms with Gasteiger partial charge in [0.1, 0.15) is 5.82 Å². The fourth-order valence-electron chi connectivity index (χ4n) is 1.62. The number of nitrogens with zero attached hydrogens (tertiary/aromatic N) is 3. The summed E-state index contributed by atoms with van der Waals surface area (Å²) in [5.41, 5.74) is 5.27. The standard InChI is InChI=1S/C12H21N5O/c1-3-17(4-2)9-5-8-14-11-7-6-10(12(13)18)15-16-11/h6-7H,3-5,8-9H2,1-2H3,(H2,13,18)(H,14,16). The lowest BCUT2D eigenvalue weighted by atomic mass is 10.3. The van der Waals surface area contributed by atoms with Crippen molar-refractivity contribution in [3.05, 3.63) is 17.8 Å². The molecule has 0 fully saturated rings. The summed E-state index contributed by atoms with van der Waals surface area (Å²) in [5, 5.41) is 10.8. The van der Waals surface area contributed by atoms with E-state index in [-0.39, 0.29) is 5.69 Å². The largest absolute Gasteiger partial charge is 0.369 e. The monoisotopic (exact) mass is 251 g/mol. The number of rotatable bonds is 8. The van der Waals surface area contributed by atoms with E-state index in [1.54, 1.807) is 12.1 Å². The van der Waals surface area contributed by atoms with Gasteiger partial charge >= 0.3 is 0 Å². The van der Waals surface area contributed by atoms with E-state index in [0.29, 0.717) is 5.82 Å². The molecule has 0 aliphatic heterocycles. The van der Waals surface area contributed by atoms with Gasteiger partial charge in [0.25, 0.3) is 5.91 Å². The Kier molecular flexibility index (Phi) is 6.07. The van der Waals surface area contributed by atoms with Gasteiger partial charge in [0, 0.05) is 6.54 Å². The van der Waals surface area contributed by atoms with Crippen LogP contribution in [0, 0.1) is 0 Å². The van der Waals surface area contributed by atoms with E-state index in [1.165, 1.54) is 0 Å². The summed E-state index contributed by atoms with van der Waals surface area (Å²) in [6, 6.07) is 3.28. The Morgan fingerprint density at radius 3 is 2.56 bits per heavy atom. The second-order valence-electron chi connectivity index (χ2n) is 3.98. The number of nitrogens with one attached hydrogen (secondary N) is 1. The molecule has 18 heavy (non-hydrogen) atoms. The fourth-order valence-corrected chi connectivity index (χ4v) is 1.62. The first-order valence-corrected chi connectivity index (χ1v) is 6.27. The molecule has 0 aromatic carbocycles. The number of primary amides is 1. The first kappa shape index (κ1) is 14.4. The normalized spacial score (nSPS) is 10.6. The van der Waals surface area contributed by atoms with Gasteiger partial charge in [-0.3, -0.25) is 4.79 Å². The molecule has 0 bridgehead atoms. The van der Waals surface area contributed by atoms with Gasteiger partial charge in [-0.25, -0.2) is 0 Å². The van der Waals surface area contributed by atoms with Gasteiger partial charge in [0.15, 0.2) is 5.69 Å². The fraction of sp³-hybridized carbons (Fsp3) is 0.583. The molecule has 0 aliphatic carbocycles. The molecular weight excluding hydrogens is 230 g/mol. The maximum Gasteiger partial charge on any atom is 0.269 e. The maximum atomic E-state index is 10.8. The predicted molar refractivity (Wildman–Crippen MR) is 71.4 cm³/mol. The number of aromatic nitrogens is 2. The quantitative estimate of drug-likeness (QED) is 0.665. The third-order valence-corrected chi connectivity index (χ3v) is 2.77. The maximum absolute atomic E-state index is 10.8. The number of anilines is 1. The lowest BCUT2D eigenvalue weighted by Gasteiger charge is -2.17. The number of hydrogen-bond donors (Lipinski definition) is 2. The zero-order chi connectivity index (χ0) is 13.4. The summed E-state index contributed by atoms with van der Waals surface area (Å²) in [5.74, 6) is 0.107. The van der Waals surface area contributed by atoms with Gasteiger partial charge in [-0.1, -0.05) is 13.8 Å². The number of carbonyl (C=O) groups is 1. The second-order valence-corrected chi connectivity index (χ2v) is 3.98. The molecule has 0 atom stereocenters. The van der Waals surface area contributed by atoms with Crippen molar-refractivity contribution < 1.29 is 4.79 Å². The van der Waals surface area contributed by atoms with Crippen molar-refractivity contribution in [2.24, 2.45) is 5.73 Å². The Balaban J connectivity index is 2.29. The zero-order valence-corrected chi connectivity index (χ0v) is 11.0. The molecule has 3 N–H and O–H groups in total. The van der Waals surface area contributed by atoms with Crippen LogP contribution in [-0.4, -0.2) is 47.2 Å². The molecule has 1 rings (SSSR count). The van der Waals surface area contributed by atoms with Crippen LogP contribution in [0.1, 0.15) is 30.8 Å². The second kappa shape index (κ2) is 7.60. The average molecular weight is 251 g/mol. The molecule has 6 heteroatoms. The van der Waals surface area contributed by atoms with E-state index in [0.717, 1.165) is 32.6 Å². The number of hydrogen-bond acceptors (Lipinski definition) is 5. The van der Waals surface area contributed by atoms with Crippen LogP contribution in [0.3, 0.4) is 0 Å². The van der Waals surface area contributed by atoms with Gasteiger partial charge in [-0.2, -0.15) is 0 Å². The highest BCUT2D eigenvalue weighted by atomic mass is 16.1. The molecular formula is C12H21N5O. The topological polar surface area (TPSA) is 84.1 Å². The van der Waals surface area contributed by atoms with Crippen molar-refractivity contribution in [3.8, 4) is 0 Å². The minimum absolute atomic E-state index is 0.184. The number of carbonyl (C=O) groups excluding carboxylic acids is 1. The summed E-state index contributed by atoms with van der Waals surface area (Å²) in [6.45, 7) is 8.36. The number of nitrogens with two attached hydrogens (primary N) is 1. The number of amides is 1. The summed E-state index contributed by atoms with van der Waals surface area (Å²) in [6.07, 6.45) is 1.04. The van der Waals surface area contributed by atoms with Gasteiger partial charge < -0.3 is 16.0 Å². The van der Waals surface area contributed by atoms with Crippen LogP contribution in [0.5, 0.6) is 0 Å². The van der Waals surface area contributed by atoms with Gasteiger partial charge in [0.05, 0.1) is 0 Å². The van der Waals surface area contributed by atoms with Crippen LogP contribution in [0.15, 0.2) is 12.1 Å². The molecule has 6 nitrogen and oxygen atoms in total. The lowest BCUT2D eigenvalue weighted by molar-refractivity contribution is 0.0994. The molecule has 0 spiro atoms. The molecule has 1 aromatic heterocycles. The zero-order valence-electron chi connectivity index (χ0n) is 11.0. The Bertz CT molecular complexity index is 361. The molecule has 0 unspecified atom stereocenters. The molecule has 1 aromatic rings. The van der Waals surface area contributed by atoms with Gasteiger partial charge in [-0.15, -0.1) is 10.2 Å². The summed E-state index contributed by atoms with van der Waals surface area (Å²) >= 11 is 0. The SMILES string of the molecule is CCN(CC)CCCNc1ccc(C(N)=O)nn1. The Morgan fingerprint density at radius 2 is 2.06 bits per heavy atom. The summed E-state index contributed by atoms with van der Waals surface area (Å²) in [7, 11) is 0. The smallest absolute Gasteiger partial charge is 0.269 e. The molecule has 1 heterocycles. The Morgan fingerprint density at radius 1 is 1.33 bits per heavy atom. The Labute approximate surface area is 108 Å². The third-order valence-electron chi connectivity index (χ3n) is 2.77. The van der Waals surface area contributed by atoms with Crippen molar-refractivity contribution in [3.63, 3.8) is 0 Å². The highest BCUT2D eigenvalue weighted by Gasteiger charge is 2.03. The summed E-state index contributed by atoms with van der Waals surface area (Å²) in [4.78, 5) is 13.2. The van der Waals surface area contributed by atoms with Crippen LogP contribution in [0.2, 0.25) is 0 Å². The predicted octanol–water partition coefficient (Wildman–Crippen LogP) is 0.719. The highest BCUT2D eigenvalue weighted by molar-refractivity contribution is 5.90. The minimum atomic E-state index is -0.560. The third kappa shape index (κ3) is 4.67. The van der Waals surface area contributed by atoms with Crippen LogP contribution in [-0.2, 0) is 0 Å². The van der Waals surface area contributed by atoms with Crippen molar-refractivity contribution in [2.75, 3.05) is 31.5 Å². The van der Waals surface area contributed by atoms with E-state index in [2.05, 4.69) is 34.3 Å². The highest BCUT2D eigenvalue weighted by Crippen LogP contribution is 2.01. The minimum Gasteiger partial charge on any atom is -0.369 e. The lowest BCUT2D eigenvalue weighted by Crippen LogP contribution is -2.25. The summed E-state index contributed by atoms with van der Waals surface area (Å²) < 4.78 is 0. The van der Waals surface area contributed by atoms with Crippen molar-refractivity contribution in [2.45, 2.75) is 20.3 Å². The molecule has 0 aliphatic rings. The van der Waals surface area contributed by atoms with Crippen molar-refractivity contribution in [1.29, 1.82) is 0 Å². The van der Waals surface area contributed by atoms with Crippen LogP contribution in [0.25, 0.3) is 0 Å². The van der Waals surface area contributed by atoms with E-state index in [9.17, 15) is 4.79 Å². The van der Waals surface area contributed by atoms with Crippen molar-refractivity contribution in [1.82, 2.24) is 15.1 Å². The van der Waals surface area contributed by atoms with Gasteiger partial charge in [-0.05, 0) is 38.2 Å². The molecule has 0 radical (unpaired) electrons. The van der Waals surface area contributed by atoms with E-state index in [4.69, 9.17) is 5.73 Å². The van der Waals surface area contributed by atoms with Gasteiger partial charge in [0.2, 0.25) is 0 Å². The molecule has 0 saturated carbocycles. The van der Waals surface area contributed by atoms with Crippen LogP contribution < -0.4 is 11.1 Å². The van der Waals surface area contributed by atoms with Crippen LogP contribution in [0.4, 0.5) is 5.82 Å². The van der Waals surface area contributed by atoms with E-state index < -0.39 is 5.91 Å². The first-order chi connectivity index (χ1) is 8.67. The van der Waals surface area contributed by atoms with Crippen LogP contribution >= 0.6 is 0 Å². The molecule has 1 amide bonds. The van der Waals surface area contributed by atoms with E-state index >= 15 is 0 Å². The Hall–Kier alpha value is -1.69. The molecule has 0 saturated heterocycles.